The molecule has 4 aliphatic carbocycles. The molecule has 0 radical (unpaired) electrons. The molecule has 0 amide bonds. The van der Waals surface area contributed by atoms with Crippen molar-refractivity contribution in [1.82, 2.24) is 0 Å². The Labute approximate surface area is 303 Å². The predicted octanol–water partition coefficient (Wildman–Crippen LogP) is 13.4. The molecule has 0 saturated heterocycles. The highest BCUT2D eigenvalue weighted by Gasteiger charge is 2.44. The summed E-state index contributed by atoms with van der Waals surface area (Å²) in [4.78, 5) is 0. The second-order valence-electron chi connectivity index (χ2n) is 17.0. The molecule has 0 nitrogen and oxygen atoms in total. The summed E-state index contributed by atoms with van der Waals surface area (Å²) in [5.74, 6) is 0.404. The van der Waals surface area contributed by atoms with E-state index in [1.165, 1.54) is 100 Å². The molecule has 4 aliphatic rings. The zero-order valence-electron chi connectivity index (χ0n) is 30.8. The molecule has 0 aromatic heterocycles. The Morgan fingerprint density at radius 1 is 0.431 bits per heavy atom. The minimum atomic E-state index is -0.0946. The van der Waals surface area contributed by atoms with Gasteiger partial charge in [0.1, 0.15) is 0 Å². The standard InChI is InChI=1S/C51H44/c1-30-35-16-12-11-15-33(35)24-38(30)34-20-22-37-40-27-48-42(29-46(40)50(4,5)44(37)25-34)41-28-45-39(26-47(41)51(48,6)7)36-21-19-32(23-43(36)49(45,2)3)18-17-31-13-9-8-10-14-31/h8-30H,1-7H3/b18-17+. The van der Waals surface area contributed by atoms with Crippen molar-refractivity contribution in [3.63, 3.8) is 0 Å². The second-order valence-corrected chi connectivity index (χ2v) is 17.0. The lowest BCUT2D eigenvalue weighted by Crippen LogP contribution is -2.17. The first-order chi connectivity index (χ1) is 24.4. The van der Waals surface area contributed by atoms with Gasteiger partial charge in [0.05, 0.1) is 0 Å². The van der Waals surface area contributed by atoms with Crippen molar-refractivity contribution in [2.24, 2.45) is 0 Å². The van der Waals surface area contributed by atoms with Crippen molar-refractivity contribution >= 4 is 23.8 Å². The zero-order valence-corrected chi connectivity index (χ0v) is 30.8. The smallest absolute Gasteiger partial charge is 0.0159 e. The van der Waals surface area contributed by atoms with Gasteiger partial charge >= 0.3 is 0 Å². The van der Waals surface area contributed by atoms with Gasteiger partial charge in [-0.15, -0.1) is 0 Å². The van der Waals surface area contributed by atoms with Crippen LogP contribution >= 0.6 is 0 Å². The summed E-state index contributed by atoms with van der Waals surface area (Å²) in [6.07, 6.45) is 6.88. The number of hydrogen-bond acceptors (Lipinski definition) is 0. The average molecular weight is 657 g/mol. The summed E-state index contributed by atoms with van der Waals surface area (Å²) in [5.41, 5.74) is 24.9. The van der Waals surface area contributed by atoms with Crippen LogP contribution < -0.4 is 0 Å². The van der Waals surface area contributed by atoms with Gasteiger partial charge in [0.25, 0.3) is 0 Å². The molecule has 0 aliphatic heterocycles. The maximum absolute atomic E-state index is 2.57. The topological polar surface area (TPSA) is 0 Å². The van der Waals surface area contributed by atoms with Crippen molar-refractivity contribution in [2.45, 2.75) is 70.6 Å². The molecule has 248 valence electrons. The highest BCUT2D eigenvalue weighted by Crippen LogP contribution is 2.59. The van der Waals surface area contributed by atoms with Gasteiger partial charge in [-0.3, -0.25) is 0 Å². The largest absolute Gasteiger partial charge is 0.0622 e. The third-order valence-electron chi connectivity index (χ3n) is 13.1. The van der Waals surface area contributed by atoms with E-state index in [9.17, 15) is 0 Å². The van der Waals surface area contributed by atoms with Gasteiger partial charge in [0.2, 0.25) is 0 Å². The molecule has 51 heavy (non-hydrogen) atoms. The molecule has 0 fully saturated rings. The quantitative estimate of drug-likeness (QED) is 0.166. The first kappa shape index (κ1) is 30.6. The number of rotatable bonds is 3. The molecule has 0 bridgehead atoms. The molecule has 6 aromatic rings. The molecule has 6 aromatic carbocycles. The van der Waals surface area contributed by atoms with E-state index in [0.717, 1.165) is 0 Å². The van der Waals surface area contributed by atoms with E-state index in [2.05, 4.69) is 182 Å². The third-order valence-corrected chi connectivity index (χ3v) is 13.1. The average Bonchev–Trinajstić information content (AvgIpc) is 3.74. The Morgan fingerprint density at radius 2 is 0.902 bits per heavy atom. The van der Waals surface area contributed by atoms with Crippen molar-refractivity contribution < 1.29 is 0 Å². The van der Waals surface area contributed by atoms with E-state index in [4.69, 9.17) is 0 Å². The fraction of sp³-hybridized carbons (Fsp3) is 0.216. The summed E-state index contributed by atoms with van der Waals surface area (Å²) in [5, 5.41) is 0. The molecule has 0 saturated carbocycles. The van der Waals surface area contributed by atoms with Gasteiger partial charge in [-0.2, -0.15) is 0 Å². The van der Waals surface area contributed by atoms with Crippen LogP contribution in [0.15, 0.2) is 115 Å². The van der Waals surface area contributed by atoms with Gasteiger partial charge in [0.15, 0.2) is 0 Å². The van der Waals surface area contributed by atoms with E-state index >= 15 is 0 Å². The molecule has 10 rings (SSSR count). The predicted molar refractivity (Wildman–Crippen MR) is 217 cm³/mol. The van der Waals surface area contributed by atoms with E-state index in [1.807, 2.05) is 0 Å². The van der Waals surface area contributed by atoms with Crippen LogP contribution in [-0.4, -0.2) is 0 Å². The van der Waals surface area contributed by atoms with E-state index in [0.29, 0.717) is 5.92 Å². The summed E-state index contributed by atoms with van der Waals surface area (Å²) >= 11 is 0. The van der Waals surface area contributed by atoms with Gasteiger partial charge in [-0.05, 0) is 130 Å². The Balaban J connectivity index is 1.05. The number of fused-ring (bicyclic) bond motifs is 10. The minimum absolute atomic E-state index is 0.0858. The van der Waals surface area contributed by atoms with E-state index in [-0.39, 0.29) is 16.2 Å². The Morgan fingerprint density at radius 3 is 1.49 bits per heavy atom. The lowest BCUT2D eigenvalue weighted by Gasteiger charge is -2.25. The fourth-order valence-electron chi connectivity index (χ4n) is 10.1. The number of benzene rings is 6. The molecular formula is C51H44. The van der Waals surface area contributed by atoms with Crippen LogP contribution in [0.25, 0.3) is 57.2 Å². The molecule has 0 N–H and O–H groups in total. The van der Waals surface area contributed by atoms with Crippen molar-refractivity contribution in [3.8, 4) is 33.4 Å². The molecular weight excluding hydrogens is 613 g/mol. The van der Waals surface area contributed by atoms with Gasteiger partial charge in [0, 0.05) is 22.2 Å². The SMILES string of the molecule is CC1C(c2ccc3c(c2)C(C)(C)c2cc4c(cc2-3)C(C)(C)c2cc3c(cc2-4)C(C)(C)c2cc(/C=C/c4ccccc4)ccc2-3)=Cc2ccccc21. The summed E-state index contributed by atoms with van der Waals surface area (Å²) in [6.45, 7) is 16.9. The summed E-state index contributed by atoms with van der Waals surface area (Å²) < 4.78 is 0. The third kappa shape index (κ3) is 4.14. The molecule has 0 heterocycles. The molecule has 0 heteroatoms. The summed E-state index contributed by atoms with van der Waals surface area (Å²) in [7, 11) is 0. The molecule has 1 unspecified atom stereocenters. The van der Waals surface area contributed by atoms with Crippen LogP contribution in [0.3, 0.4) is 0 Å². The van der Waals surface area contributed by atoms with Gasteiger partial charge in [-0.25, -0.2) is 0 Å². The first-order valence-electron chi connectivity index (χ1n) is 18.7. The maximum Gasteiger partial charge on any atom is 0.0159 e. The molecule has 1 atom stereocenters. The Kier molecular flexibility index (Phi) is 6.12. The normalized spacial score (nSPS) is 18.8. The first-order valence-corrected chi connectivity index (χ1v) is 18.7. The second kappa shape index (κ2) is 10.2. The molecule has 0 spiro atoms. The Hall–Kier alpha value is -5.20. The lowest BCUT2D eigenvalue weighted by molar-refractivity contribution is 0.649. The monoisotopic (exact) mass is 656 g/mol. The highest BCUT2D eigenvalue weighted by molar-refractivity contribution is 5.96. The number of hydrogen-bond donors (Lipinski definition) is 0. The van der Waals surface area contributed by atoms with Gasteiger partial charge < -0.3 is 0 Å². The maximum atomic E-state index is 2.57. The summed E-state index contributed by atoms with van der Waals surface area (Å²) in [6, 6.07) is 44.0. The van der Waals surface area contributed by atoms with Crippen LogP contribution in [0.1, 0.15) is 116 Å². The zero-order chi connectivity index (χ0) is 35.0. The van der Waals surface area contributed by atoms with Crippen LogP contribution in [0, 0.1) is 0 Å². The van der Waals surface area contributed by atoms with Crippen molar-refractivity contribution in [3.05, 3.63) is 176 Å². The van der Waals surface area contributed by atoms with Crippen LogP contribution in [0.5, 0.6) is 0 Å². The fourth-order valence-corrected chi connectivity index (χ4v) is 10.1. The van der Waals surface area contributed by atoms with Crippen LogP contribution in [0.2, 0.25) is 0 Å². The number of allylic oxidation sites excluding steroid dienone is 1. The van der Waals surface area contributed by atoms with E-state index in [1.54, 1.807) is 0 Å². The van der Waals surface area contributed by atoms with Crippen molar-refractivity contribution in [1.29, 1.82) is 0 Å². The lowest BCUT2D eigenvalue weighted by atomic mass is 9.78. The minimum Gasteiger partial charge on any atom is -0.0622 e. The Bertz CT molecular complexity index is 2550. The highest BCUT2D eigenvalue weighted by atomic mass is 14.5. The van der Waals surface area contributed by atoms with Crippen LogP contribution in [-0.2, 0) is 16.2 Å². The van der Waals surface area contributed by atoms with Crippen molar-refractivity contribution in [2.75, 3.05) is 0 Å². The van der Waals surface area contributed by atoms with Gasteiger partial charge in [-0.1, -0.05) is 152 Å². The van der Waals surface area contributed by atoms with E-state index < -0.39 is 0 Å². The van der Waals surface area contributed by atoms with Crippen LogP contribution in [0.4, 0.5) is 0 Å².